The summed E-state index contributed by atoms with van der Waals surface area (Å²) in [5.41, 5.74) is 7.96. The largest absolute Gasteiger partial charge is 0.393 e. The van der Waals surface area contributed by atoms with Gasteiger partial charge in [0.25, 0.3) is 0 Å². The molecule has 3 fully saturated rings. The summed E-state index contributed by atoms with van der Waals surface area (Å²) in [6, 6.07) is 10.5. The van der Waals surface area contributed by atoms with Gasteiger partial charge in [0, 0.05) is 26.7 Å². The number of ether oxygens (including phenoxy) is 2. The smallest absolute Gasteiger partial charge is 0.0811 e. The minimum atomic E-state index is -0.582. The van der Waals surface area contributed by atoms with Gasteiger partial charge in [-0.25, -0.2) is 0 Å². The van der Waals surface area contributed by atoms with Crippen LogP contribution in [0, 0.1) is 17.3 Å². The molecule has 0 aromatic heterocycles. The van der Waals surface area contributed by atoms with Crippen molar-refractivity contribution in [3.05, 3.63) is 76.9 Å². The number of benzene rings is 1. The predicted octanol–water partition coefficient (Wildman–Crippen LogP) is 9.49. The van der Waals surface area contributed by atoms with E-state index >= 15 is 0 Å². The van der Waals surface area contributed by atoms with Crippen molar-refractivity contribution in [3.63, 3.8) is 0 Å². The molecular weight excluding hydrogens is 532 g/mol. The molecule has 0 bridgehead atoms. The Kier molecular flexibility index (Phi) is 16.8. The van der Waals surface area contributed by atoms with Crippen molar-refractivity contribution >= 4 is 5.57 Å². The van der Waals surface area contributed by atoms with Crippen molar-refractivity contribution in [1.29, 1.82) is 0 Å². The standard InChI is InChI=1S/C19H28O2.C16H24O.C4H10O/c1-13-15(11-16(20)12-18(13)21)8-7-14-5-3-9-19(2)10-4-6-17(14)19;1-5-14(4)16(12-17-11-13(2)3)15-9-7-6-8-10-15;1-3-4-5-2/h7-8,16-18,20-21H,1,3-6,9-12H2,2H3;6-10,13H,5,11-12H2,1-4H3;3-4H2,1-2H3/b14-7+,15-8-;;/t16-,17+,18+,19?;;/m1../s1. The fourth-order valence-corrected chi connectivity index (χ4v) is 6.61. The lowest BCUT2D eigenvalue weighted by Gasteiger charge is -2.38. The molecule has 2 N–H and O–H groups in total. The Morgan fingerprint density at radius 2 is 1.79 bits per heavy atom. The number of hydrogen-bond acceptors (Lipinski definition) is 4. The zero-order chi connectivity index (χ0) is 31.8. The average molecular weight is 595 g/mol. The zero-order valence-electron chi connectivity index (χ0n) is 28.5. The first-order valence-corrected chi connectivity index (χ1v) is 16.8. The molecule has 4 atom stereocenters. The lowest BCUT2D eigenvalue weighted by atomic mass is 9.67. The Bertz CT molecular complexity index is 1050. The summed E-state index contributed by atoms with van der Waals surface area (Å²) >= 11 is 0. The SMILES string of the molecule is C=C1/C(=C\C=C2/CCCC3(C)CCC[C@@H]23)C[C@@H](O)C[C@@H]1O.CCC(C)=C(COCC(C)C)c1ccccc1.CCCOC. The molecule has 1 unspecified atom stereocenters. The van der Waals surface area contributed by atoms with Crippen molar-refractivity contribution in [1.82, 2.24) is 0 Å². The van der Waals surface area contributed by atoms with E-state index in [0.29, 0.717) is 24.2 Å². The van der Waals surface area contributed by atoms with Gasteiger partial charge in [0.2, 0.25) is 0 Å². The second-order valence-electron chi connectivity index (χ2n) is 13.4. The second-order valence-corrected chi connectivity index (χ2v) is 13.4. The third kappa shape index (κ3) is 12.1. The topological polar surface area (TPSA) is 58.9 Å². The van der Waals surface area contributed by atoms with Gasteiger partial charge in [-0.1, -0.05) is 101 Å². The molecule has 0 amide bonds. The second kappa shape index (κ2) is 19.4. The van der Waals surface area contributed by atoms with Crippen LogP contribution in [0.2, 0.25) is 0 Å². The molecular formula is C39H62O4. The fourth-order valence-electron chi connectivity index (χ4n) is 6.61. The zero-order valence-corrected chi connectivity index (χ0v) is 28.5. The summed E-state index contributed by atoms with van der Waals surface area (Å²) in [7, 11) is 1.71. The molecule has 4 nitrogen and oxygen atoms in total. The number of allylic oxidation sites excluding steroid dienone is 4. The molecule has 3 aliphatic rings. The molecule has 0 heterocycles. The van der Waals surface area contributed by atoms with Gasteiger partial charge in [0.1, 0.15) is 0 Å². The van der Waals surface area contributed by atoms with Crippen LogP contribution in [-0.2, 0) is 9.47 Å². The molecule has 0 radical (unpaired) electrons. The first-order valence-electron chi connectivity index (χ1n) is 16.8. The lowest BCUT2D eigenvalue weighted by molar-refractivity contribution is 0.0862. The summed E-state index contributed by atoms with van der Waals surface area (Å²) in [5, 5.41) is 19.8. The van der Waals surface area contributed by atoms with E-state index in [2.05, 4.69) is 90.6 Å². The Hall–Kier alpha value is -1.98. The number of aliphatic hydroxyl groups is 2. The molecule has 242 valence electrons. The van der Waals surface area contributed by atoms with Crippen LogP contribution in [0.4, 0.5) is 0 Å². The van der Waals surface area contributed by atoms with Gasteiger partial charge in [-0.05, 0) is 97.8 Å². The van der Waals surface area contributed by atoms with Gasteiger partial charge >= 0.3 is 0 Å². The van der Waals surface area contributed by atoms with Crippen LogP contribution in [-0.4, -0.2) is 49.4 Å². The van der Waals surface area contributed by atoms with E-state index in [9.17, 15) is 10.2 Å². The van der Waals surface area contributed by atoms with Crippen molar-refractivity contribution in [2.45, 2.75) is 118 Å². The first-order chi connectivity index (χ1) is 20.6. The van der Waals surface area contributed by atoms with Crippen LogP contribution in [0.5, 0.6) is 0 Å². The van der Waals surface area contributed by atoms with E-state index < -0.39 is 12.2 Å². The lowest BCUT2D eigenvalue weighted by Crippen LogP contribution is -2.28. The van der Waals surface area contributed by atoms with Gasteiger partial charge in [0.15, 0.2) is 0 Å². The molecule has 1 aromatic rings. The van der Waals surface area contributed by atoms with E-state index in [-0.39, 0.29) is 0 Å². The van der Waals surface area contributed by atoms with Crippen LogP contribution in [0.15, 0.2) is 71.4 Å². The quantitative estimate of drug-likeness (QED) is 0.299. The number of rotatable bonds is 9. The van der Waals surface area contributed by atoms with Crippen LogP contribution < -0.4 is 0 Å². The fraction of sp³-hybridized carbons (Fsp3) is 0.641. The van der Waals surface area contributed by atoms with Gasteiger partial charge in [-0.2, -0.15) is 0 Å². The molecule has 0 saturated heterocycles. The predicted molar refractivity (Wildman–Crippen MR) is 183 cm³/mol. The first kappa shape index (κ1) is 37.2. The van der Waals surface area contributed by atoms with Crippen molar-refractivity contribution < 1.29 is 19.7 Å². The third-order valence-electron chi connectivity index (χ3n) is 9.28. The Labute approximate surface area is 264 Å². The maximum atomic E-state index is 9.93. The number of aliphatic hydroxyl groups excluding tert-OH is 2. The number of methoxy groups -OCH3 is 1. The van der Waals surface area contributed by atoms with E-state index in [1.165, 1.54) is 55.2 Å². The summed E-state index contributed by atoms with van der Waals surface area (Å²) in [4.78, 5) is 0. The van der Waals surface area contributed by atoms with E-state index in [1.807, 2.05) is 0 Å². The molecule has 3 saturated carbocycles. The highest BCUT2D eigenvalue weighted by Gasteiger charge is 2.42. The molecule has 43 heavy (non-hydrogen) atoms. The molecule has 3 aliphatic carbocycles. The molecule has 4 rings (SSSR count). The van der Waals surface area contributed by atoms with Crippen LogP contribution in [0.25, 0.3) is 5.57 Å². The normalized spacial score (nSPS) is 27.7. The van der Waals surface area contributed by atoms with E-state index in [4.69, 9.17) is 9.47 Å². The number of hydrogen-bond donors (Lipinski definition) is 2. The summed E-state index contributed by atoms with van der Waals surface area (Å²) in [6.07, 6.45) is 14.6. The minimum Gasteiger partial charge on any atom is -0.393 e. The minimum absolute atomic E-state index is 0.424. The molecule has 4 heteroatoms. The number of fused-ring (bicyclic) bond motifs is 1. The summed E-state index contributed by atoms with van der Waals surface area (Å²) < 4.78 is 10.5. The van der Waals surface area contributed by atoms with Crippen LogP contribution in [0.3, 0.4) is 0 Å². The summed E-state index contributed by atoms with van der Waals surface area (Å²) in [5.74, 6) is 1.34. The van der Waals surface area contributed by atoms with Gasteiger partial charge < -0.3 is 19.7 Å². The Morgan fingerprint density at radius 1 is 1.09 bits per heavy atom. The highest BCUT2D eigenvalue weighted by molar-refractivity contribution is 5.69. The Morgan fingerprint density at radius 3 is 2.40 bits per heavy atom. The van der Waals surface area contributed by atoms with Gasteiger partial charge in [0.05, 0.1) is 18.8 Å². The maximum absolute atomic E-state index is 9.93. The molecule has 0 spiro atoms. The van der Waals surface area contributed by atoms with Crippen molar-refractivity contribution in [2.75, 3.05) is 26.9 Å². The van der Waals surface area contributed by atoms with Gasteiger partial charge in [-0.3, -0.25) is 0 Å². The van der Waals surface area contributed by atoms with Crippen LogP contribution in [0.1, 0.15) is 111 Å². The van der Waals surface area contributed by atoms with E-state index in [1.54, 1.807) is 12.7 Å². The van der Waals surface area contributed by atoms with Crippen molar-refractivity contribution in [3.8, 4) is 0 Å². The summed E-state index contributed by atoms with van der Waals surface area (Å²) in [6.45, 7) is 19.7. The molecule has 1 aromatic carbocycles. The maximum Gasteiger partial charge on any atom is 0.0811 e. The monoisotopic (exact) mass is 594 g/mol. The van der Waals surface area contributed by atoms with Crippen LogP contribution >= 0.6 is 0 Å². The highest BCUT2D eigenvalue weighted by Crippen LogP contribution is 2.54. The van der Waals surface area contributed by atoms with Gasteiger partial charge in [-0.15, -0.1) is 0 Å². The Balaban J connectivity index is 0.000000265. The third-order valence-corrected chi connectivity index (χ3v) is 9.28. The average Bonchev–Trinajstić information content (AvgIpc) is 3.39. The van der Waals surface area contributed by atoms with E-state index in [0.717, 1.165) is 49.7 Å². The highest BCUT2D eigenvalue weighted by atomic mass is 16.5. The van der Waals surface area contributed by atoms with Crippen molar-refractivity contribution in [2.24, 2.45) is 17.3 Å². The molecule has 0 aliphatic heterocycles.